The van der Waals surface area contributed by atoms with Crippen molar-refractivity contribution in [2.45, 2.75) is 45.6 Å². The van der Waals surface area contributed by atoms with E-state index in [4.69, 9.17) is 9.47 Å². The van der Waals surface area contributed by atoms with Crippen LogP contribution in [0.4, 0.5) is 0 Å². The Bertz CT molecular complexity index is 799. The molecule has 0 spiro atoms. The van der Waals surface area contributed by atoms with E-state index in [0.717, 1.165) is 17.5 Å². The summed E-state index contributed by atoms with van der Waals surface area (Å²) in [6.45, 7) is 4.00. The van der Waals surface area contributed by atoms with E-state index < -0.39 is 11.5 Å². The van der Waals surface area contributed by atoms with E-state index in [9.17, 15) is 9.59 Å². The van der Waals surface area contributed by atoms with Crippen LogP contribution in [-0.2, 0) is 20.7 Å². The Balaban J connectivity index is 1.88. The molecule has 0 aliphatic heterocycles. The molecule has 1 saturated carbocycles. The zero-order chi connectivity index (χ0) is 19.3. The van der Waals surface area contributed by atoms with Gasteiger partial charge in [0.25, 0.3) is 0 Å². The number of hydrogen-bond acceptors (Lipinski definition) is 4. The molecule has 0 radical (unpaired) electrons. The molecule has 0 bridgehead atoms. The van der Waals surface area contributed by atoms with E-state index in [1.165, 1.54) is 0 Å². The first-order valence-electron chi connectivity index (χ1n) is 9.54. The Hall–Kier alpha value is -2.62. The molecule has 3 rings (SSSR count). The van der Waals surface area contributed by atoms with Crippen molar-refractivity contribution in [3.63, 3.8) is 0 Å². The lowest BCUT2D eigenvalue weighted by atomic mass is 9.78. The molecule has 2 aromatic carbocycles. The molecule has 1 aliphatic rings. The molecule has 0 aromatic heterocycles. The Morgan fingerprint density at radius 1 is 1.07 bits per heavy atom. The average molecular weight is 366 g/mol. The Labute approximate surface area is 160 Å². The predicted octanol–water partition coefficient (Wildman–Crippen LogP) is 4.50. The van der Waals surface area contributed by atoms with Gasteiger partial charge in [-0.25, -0.2) is 4.79 Å². The summed E-state index contributed by atoms with van der Waals surface area (Å²) >= 11 is 0. The van der Waals surface area contributed by atoms with Crippen LogP contribution in [0.5, 0.6) is 0 Å². The summed E-state index contributed by atoms with van der Waals surface area (Å²) in [6, 6.07) is 17.2. The van der Waals surface area contributed by atoms with Crippen LogP contribution in [0.25, 0.3) is 0 Å². The van der Waals surface area contributed by atoms with Gasteiger partial charge in [-0.1, -0.05) is 48.5 Å². The Kier molecular flexibility index (Phi) is 5.94. The highest BCUT2D eigenvalue weighted by atomic mass is 16.6. The van der Waals surface area contributed by atoms with Gasteiger partial charge in [0.1, 0.15) is 11.5 Å². The minimum atomic E-state index is -0.824. The topological polar surface area (TPSA) is 52.6 Å². The van der Waals surface area contributed by atoms with Gasteiger partial charge in [0, 0.05) is 0 Å². The SMILES string of the molecule is CCOC(=O)C1(Cc2ccccc2)CCCC1OC(=O)c1ccccc1C. The van der Waals surface area contributed by atoms with Gasteiger partial charge in [-0.15, -0.1) is 0 Å². The zero-order valence-electron chi connectivity index (χ0n) is 15.9. The number of ether oxygens (including phenoxy) is 2. The van der Waals surface area contributed by atoms with Crippen LogP contribution in [0.1, 0.15) is 47.7 Å². The van der Waals surface area contributed by atoms with Crippen molar-refractivity contribution in [3.8, 4) is 0 Å². The van der Waals surface area contributed by atoms with Gasteiger partial charge in [-0.2, -0.15) is 0 Å². The van der Waals surface area contributed by atoms with Crippen molar-refractivity contribution in [3.05, 3.63) is 71.3 Å². The smallest absolute Gasteiger partial charge is 0.338 e. The molecular weight excluding hydrogens is 340 g/mol. The van der Waals surface area contributed by atoms with Crippen LogP contribution in [-0.4, -0.2) is 24.6 Å². The second-order valence-electron chi connectivity index (χ2n) is 7.14. The van der Waals surface area contributed by atoms with Gasteiger partial charge in [0.05, 0.1) is 12.2 Å². The number of esters is 2. The standard InChI is InChI=1S/C23H26O4/c1-3-26-22(25)23(16-18-11-5-4-6-12-18)15-9-14-20(23)27-21(24)19-13-8-7-10-17(19)2/h4-8,10-13,20H,3,9,14-16H2,1-2H3. The molecule has 0 amide bonds. The molecule has 4 heteroatoms. The van der Waals surface area contributed by atoms with Crippen molar-refractivity contribution in [1.29, 1.82) is 0 Å². The van der Waals surface area contributed by atoms with Gasteiger partial charge >= 0.3 is 11.9 Å². The lowest BCUT2D eigenvalue weighted by Crippen LogP contribution is -2.44. The lowest BCUT2D eigenvalue weighted by molar-refractivity contribution is -0.161. The van der Waals surface area contributed by atoms with Crippen molar-refractivity contribution < 1.29 is 19.1 Å². The number of carbonyl (C=O) groups is 2. The fourth-order valence-electron chi connectivity index (χ4n) is 3.95. The molecule has 1 aliphatic carbocycles. The lowest BCUT2D eigenvalue weighted by Gasteiger charge is -2.33. The molecule has 4 nitrogen and oxygen atoms in total. The van der Waals surface area contributed by atoms with Crippen LogP contribution in [0.2, 0.25) is 0 Å². The Morgan fingerprint density at radius 3 is 2.48 bits per heavy atom. The van der Waals surface area contributed by atoms with Gasteiger partial charge in [-0.05, 0) is 56.7 Å². The number of rotatable bonds is 6. The van der Waals surface area contributed by atoms with E-state index >= 15 is 0 Å². The fourth-order valence-corrected chi connectivity index (χ4v) is 3.95. The molecule has 142 valence electrons. The summed E-state index contributed by atoms with van der Waals surface area (Å²) in [6.07, 6.45) is 2.19. The summed E-state index contributed by atoms with van der Waals surface area (Å²) in [4.78, 5) is 25.7. The maximum absolute atomic E-state index is 13.0. The molecule has 2 atom stereocenters. The van der Waals surface area contributed by atoms with Crippen molar-refractivity contribution in [2.75, 3.05) is 6.61 Å². The van der Waals surface area contributed by atoms with Gasteiger partial charge in [0.2, 0.25) is 0 Å². The first-order chi connectivity index (χ1) is 13.1. The number of aryl methyl sites for hydroxylation is 1. The summed E-state index contributed by atoms with van der Waals surface area (Å²) < 4.78 is 11.3. The quantitative estimate of drug-likeness (QED) is 0.707. The third-order valence-electron chi connectivity index (χ3n) is 5.36. The maximum Gasteiger partial charge on any atom is 0.338 e. The molecule has 0 saturated heterocycles. The highest BCUT2D eigenvalue weighted by molar-refractivity contribution is 5.91. The van der Waals surface area contributed by atoms with Crippen LogP contribution < -0.4 is 0 Å². The first kappa shape index (κ1) is 19.2. The largest absolute Gasteiger partial charge is 0.465 e. The second kappa shape index (κ2) is 8.38. The molecule has 2 aromatic rings. The normalized spacial score (nSPS) is 21.6. The van der Waals surface area contributed by atoms with E-state index in [2.05, 4.69) is 0 Å². The second-order valence-corrected chi connectivity index (χ2v) is 7.14. The monoisotopic (exact) mass is 366 g/mol. The molecule has 0 heterocycles. The molecular formula is C23H26O4. The highest BCUT2D eigenvalue weighted by Crippen LogP contribution is 2.44. The number of benzene rings is 2. The highest BCUT2D eigenvalue weighted by Gasteiger charge is 2.52. The summed E-state index contributed by atoms with van der Waals surface area (Å²) in [5.74, 6) is -0.643. The number of hydrogen-bond donors (Lipinski definition) is 0. The molecule has 27 heavy (non-hydrogen) atoms. The van der Waals surface area contributed by atoms with Crippen LogP contribution in [0.15, 0.2) is 54.6 Å². The van der Waals surface area contributed by atoms with E-state index in [1.807, 2.05) is 55.5 Å². The van der Waals surface area contributed by atoms with E-state index in [0.29, 0.717) is 31.4 Å². The van der Waals surface area contributed by atoms with Gasteiger partial charge in [-0.3, -0.25) is 4.79 Å². The van der Waals surface area contributed by atoms with E-state index in [-0.39, 0.29) is 11.9 Å². The van der Waals surface area contributed by atoms with Crippen molar-refractivity contribution >= 4 is 11.9 Å². The average Bonchev–Trinajstić information content (AvgIpc) is 3.06. The van der Waals surface area contributed by atoms with Gasteiger partial charge in [0.15, 0.2) is 0 Å². The predicted molar refractivity (Wildman–Crippen MR) is 103 cm³/mol. The Morgan fingerprint density at radius 2 is 1.78 bits per heavy atom. The van der Waals surface area contributed by atoms with Crippen LogP contribution >= 0.6 is 0 Å². The fraction of sp³-hybridized carbons (Fsp3) is 0.391. The van der Waals surface area contributed by atoms with Crippen LogP contribution in [0, 0.1) is 12.3 Å². The molecule has 1 fully saturated rings. The minimum Gasteiger partial charge on any atom is -0.465 e. The number of carbonyl (C=O) groups excluding carboxylic acids is 2. The third-order valence-corrected chi connectivity index (χ3v) is 5.36. The summed E-state index contributed by atoms with van der Waals surface area (Å²) in [5.41, 5.74) is 1.63. The van der Waals surface area contributed by atoms with Crippen molar-refractivity contribution in [1.82, 2.24) is 0 Å². The van der Waals surface area contributed by atoms with Crippen LogP contribution in [0.3, 0.4) is 0 Å². The minimum absolute atomic E-state index is 0.270. The first-order valence-corrected chi connectivity index (χ1v) is 9.54. The zero-order valence-corrected chi connectivity index (χ0v) is 15.9. The third kappa shape index (κ3) is 4.05. The molecule has 0 N–H and O–H groups in total. The summed E-state index contributed by atoms with van der Waals surface area (Å²) in [7, 11) is 0. The maximum atomic E-state index is 13.0. The van der Waals surface area contributed by atoms with Gasteiger partial charge < -0.3 is 9.47 Å². The molecule has 2 unspecified atom stereocenters. The van der Waals surface area contributed by atoms with Crippen molar-refractivity contribution in [2.24, 2.45) is 5.41 Å². The van der Waals surface area contributed by atoms with E-state index in [1.54, 1.807) is 13.0 Å². The summed E-state index contributed by atoms with van der Waals surface area (Å²) in [5, 5.41) is 0.